The summed E-state index contributed by atoms with van der Waals surface area (Å²) in [6.45, 7) is 7.00. The number of hydrogen-bond donors (Lipinski definition) is 2. The van der Waals surface area contributed by atoms with E-state index in [9.17, 15) is 4.79 Å². The Labute approximate surface area is 130 Å². The molecule has 2 aliphatic rings. The summed E-state index contributed by atoms with van der Waals surface area (Å²) in [5, 5.41) is 6.31. The predicted octanol–water partition coefficient (Wildman–Crippen LogP) is 0.483. The van der Waals surface area contributed by atoms with Gasteiger partial charge in [-0.15, -0.1) is 0 Å². The number of ether oxygens (including phenoxy) is 2. The van der Waals surface area contributed by atoms with Gasteiger partial charge in [-0.1, -0.05) is 6.07 Å². The zero-order valence-corrected chi connectivity index (χ0v) is 12.8. The zero-order chi connectivity index (χ0) is 15.2. The molecule has 22 heavy (non-hydrogen) atoms. The molecule has 0 radical (unpaired) electrons. The molecule has 1 aromatic rings. The number of hydrogen-bond acceptors (Lipinski definition) is 5. The quantitative estimate of drug-likeness (QED) is 0.775. The van der Waals surface area contributed by atoms with Crippen LogP contribution in [0.2, 0.25) is 0 Å². The summed E-state index contributed by atoms with van der Waals surface area (Å²) >= 11 is 0. The topological polar surface area (TPSA) is 62.8 Å². The molecule has 0 aliphatic carbocycles. The minimum Gasteiger partial charge on any atom is -0.486 e. The molecule has 1 saturated heterocycles. The van der Waals surface area contributed by atoms with Crippen molar-refractivity contribution in [2.75, 3.05) is 52.5 Å². The minimum atomic E-state index is -0.0948. The average Bonchev–Trinajstić information content (AvgIpc) is 2.59. The molecule has 6 nitrogen and oxygen atoms in total. The van der Waals surface area contributed by atoms with Crippen LogP contribution in [0.1, 0.15) is 16.8 Å². The van der Waals surface area contributed by atoms with Crippen LogP contribution in [0.25, 0.3) is 0 Å². The highest BCUT2D eigenvalue weighted by atomic mass is 16.6. The van der Waals surface area contributed by atoms with Gasteiger partial charge in [-0.2, -0.15) is 0 Å². The lowest BCUT2D eigenvalue weighted by Crippen LogP contribution is -2.44. The number of benzene rings is 1. The molecular formula is C16H23N3O3. The van der Waals surface area contributed by atoms with Crippen molar-refractivity contribution in [3.05, 3.63) is 23.8 Å². The fourth-order valence-electron chi connectivity index (χ4n) is 2.79. The number of amides is 1. The highest BCUT2D eigenvalue weighted by molar-refractivity contribution is 5.97. The van der Waals surface area contributed by atoms with Crippen LogP contribution in [-0.2, 0) is 0 Å². The summed E-state index contributed by atoms with van der Waals surface area (Å²) in [4.78, 5) is 14.7. The molecule has 3 rings (SSSR count). The van der Waals surface area contributed by atoms with E-state index in [4.69, 9.17) is 9.47 Å². The first-order chi connectivity index (χ1) is 10.8. The van der Waals surface area contributed by atoms with Gasteiger partial charge in [-0.25, -0.2) is 0 Å². The molecule has 2 heterocycles. The fourth-order valence-corrected chi connectivity index (χ4v) is 2.79. The van der Waals surface area contributed by atoms with Gasteiger partial charge in [0.15, 0.2) is 11.5 Å². The molecule has 2 N–H and O–H groups in total. The summed E-state index contributed by atoms with van der Waals surface area (Å²) in [6, 6.07) is 5.43. The van der Waals surface area contributed by atoms with Gasteiger partial charge < -0.3 is 25.0 Å². The molecule has 0 unspecified atom stereocenters. The first-order valence-electron chi connectivity index (χ1n) is 7.94. The van der Waals surface area contributed by atoms with Gasteiger partial charge in [0.1, 0.15) is 13.2 Å². The Balaban J connectivity index is 1.48. The van der Waals surface area contributed by atoms with Crippen LogP contribution in [0.5, 0.6) is 11.5 Å². The second kappa shape index (κ2) is 7.47. The number of para-hydroxylation sites is 1. The maximum atomic E-state index is 12.3. The molecule has 1 fully saturated rings. The number of carbonyl (C=O) groups excluding carboxylic acids is 1. The van der Waals surface area contributed by atoms with Crippen LogP contribution in [0.15, 0.2) is 18.2 Å². The molecular weight excluding hydrogens is 282 g/mol. The third-order valence-electron chi connectivity index (χ3n) is 3.96. The van der Waals surface area contributed by atoms with Crippen molar-refractivity contribution in [2.24, 2.45) is 0 Å². The molecule has 1 aromatic carbocycles. The van der Waals surface area contributed by atoms with Crippen molar-refractivity contribution in [2.45, 2.75) is 6.42 Å². The van der Waals surface area contributed by atoms with Gasteiger partial charge in [0.05, 0.1) is 5.56 Å². The summed E-state index contributed by atoms with van der Waals surface area (Å²) < 4.78 is 11.1. The lowest BCUT2D eigenvalue weighted by molar-refractivity contribution is 0.0940. The van der Waals surface area contributed by atoms with E-state index in [1.54, 1.807) is 6.07 Å². The summed E-state index contributed by atoms with van der Waals surface area (Å²) in [5.74, 6) is 1.12. The number of carbonyl (C=O) groups is 1. The van der Waals surface area contributed by atoms with E-state index in [-0.39, 0.29) is 5.91 Å². The number of fused-ring (bicyclic) bond motifs is 1. The van der Waals surface area contributed by atoms with Crippen LogP contribution in [0.4, 0.5) is 0 Å². The Morgan fingerprint density at radius 2 is 2.05 bits per heavy atom. The predicted molar refractivity (Wildman–Crippen MR) is 83.7 cm³/mol. The summed E-state index contributed by atoms with van der Waals surface area (Å²) in [5.41, 5.74) is 0.555. The van der Waals surface area contributed by atoms with Crippen molar-refractivity contribution in [3.63, 3.8) is 0 Å². The molecule has 0 atom stereocenters. The molecule has 0 spiro atoms. The minimum absolute atomic E-state index is 0.0948. The summed E-state index contributed by atoms with van der Waals surface area (Å²) in [6.07, 6.45) is 0.956. The highest BCUT2D eigenvalue weighted by Crippen LogP contribution is 2.33. The van der Waals surface area contributed by atoms with Crippen molar-refractivity contribution < 1.29 is 14.3 Å². The van der Waals surface area contributed by atoms with E-state index in [0.29, 0.717) is 36.8 Å². The standard InChI is InChI=1S/C16H23N3O3/c20-16(18-5-2-8-19-9-6-17-7-10-19)13-3-1-4-14-15(13)22-12-11-21-14/h1,3-4,17H,2,5-12H2,(H,18,20). The third-order valence-corrected chi connectivity index (χ3v) is 3.96. The van der Waals surface area contributed by atoms with Crippen LogP contribution in [0, 0.1) is 0 Å². The highest BCUT2D eigenvalue weighted by Gasteiger charge is 2.20. The van der Waals surface area contributed by atoms with Crippen molar-refractivity contribution in [1.82, 2.24) is 15.5 Å². The van der Waals surface area contributed by atoms with E-state index >= 15 is 0 Å². The Morgan fingerprint density at radius 3 is 2.91 bits per heavy atom. The Morgan fingerprint density at radius 1 is 1.23 bits per heavy atom. The normalized spacial score (nSPS) is 18.0. The average molecular weight is 305 g/mol. The van der Waals surface area contributed by atoms with E-state index in [2.05, 4.69) is 15.5 Å². The van der Waals surface area contributed by atoms with Crippen molar-refractivity contribution in [3.8, 4) is 11.5 Å². The Bertz CT molecular complexity index is 515. The smallest absolute Gasteiger partial charge is 0.255 e. The van der Waals surface area contributed by atoms with E-state index in [1.807, 2.05) is 12.1 Å². The van der Waals surface area contributed by atoms with Crippen molar-refractivity contribution in [1.29, 1.82) is 0 Å². The van der Waals surface area contributed by atoms with Crippen LogP contribution < -0.4 is 20.1 Å². The Kier molecular flexibility index (Phi) is 5.13. The lowest BCUT2D eigenvalue weighted by Gasteiger charge is -2.27. The van der Waals surface area contributed by atoms with Gasteiger partial charge in [0, 0.05) is 32.7 Å². The lowest BCUT2D eigenvalue weighted by atomic mass is 10.1. The largest absolute Gasteiger partial charge is 0.486 e. The number of rotatable bonds is 5. The molecule has 6 heteroatoms. The monoisotopic (exact) mass is 305 g/mol. The van der Waals surface area contributed by atoms with E-state index in [1.165, 1.54) is 0 Å². The first kappa shape index (κ1) is 15.1. The second-order valence-corrected chi connectivity index (χ2v) is 5.53. The maximum absolute atomic E-state index is 12.3. The molecule has 1 amide bonds. The van der Waals surface area contributed by atoms with Gasteiger partial charge in [-0.3, -0.25) is 4.79 Å². The number of nitrogens with one attached hydrogen (secondary N) is 2. The molecule has 2 aliphatic heterocycles. The fraction of sp³-hybridized carbons (Fsp3) is 0.562. The number of nitrogens with zero attached hydrogens (tertiary/aromatic N) is 1. The van der Waals surface area contributed by atoms with Gasteiger partial charge >= 0.3 is 0 Å². The Hall–Kier alpha value is -1.79. The third kappa shape index (κ3) is 3.69. The molecule has 0 saturated carbocycles. The van der Waals surface area contributed by atoms with E-state index < -0.39 is 0 Å². The van der Waals surface area contributed by atoms with Crippen LogP contribution >= 0.6 is 0 Å². The van der Waals surface area contributed by atoms with Gasteiger partial charge in [-0.05, 0) is 25.1 Å². The number of piperazine rings is 1. The van der Waals surface area contributed by atoms with Gasteiger partial charge in [0.2, 0.25) is 0 Å². The summed E-state index contributed by atoms with van der Waals surface area (Å²) in [7, 11) is 0. The molecule has 120 valence electrons. The van der Waals surface area contributed by atoms with Crippen LogP contribution in [0.3, 0.4) is 0 Å². The molecule has 0 aromatic heterocycles. The van der Waals surface area contributed by atoms with Crippen LogP contribution in [-0.4, -0.2) is 63.3 Å². The molecule has 0 bridgehead atoms. The van der Waals surface area contributed by atoms with E-state index in [0.717, 1.165) is 39.1 Å². The SMILES string of the molecule is O=C(NCCCN1CCNCC1)c1cccc2c1OCCO2. The maximum Gasteiger partial charge on any atom is 0.255 e. The second-order valence-electron chi connectivity index (χ2n) is 5.53. The zero-order valence-electron chi connectivity index (χ0n) is 12.8. The van der Waals surface area contributed by atoms with Gasteiger partial charge in [0.25, 0.3) is 5.91 Å². The first-order valence-corrected chi connectivity index (χ1v) is 7.94. The van der Waals surface area contributed by atoms with Crippen molar-refractivity contribution >= 4 is 5.91 Å².